The lowest BCUT2D eigenvalue weighted by molar-refractivity contribution is 0.0925. The molecule has 0 aromatic carbocycles. The molecule has 0 radical (unpaired) electrons. The van der Waals surface area contributed by atoms with Crippen LogP contribution in [0.3, 0.4) is 0 Å². The molecular formula is C12H24N2O. The fourth-order valence-corrected chi connectivity index (χ4v) is 3.23. The van der Waals surface area contributed by atoms with Gasteiger partial charge in [-0.1, -0.05) is 0 Å². The molecule has 1 atom stereocenters. The topological polar surface area (TPSA) is 35.5 Å². The smallest absolute Gasteiger partial charge is 0.0586 e. The van der Waals surface area contributed by atoms with Gasteiger partial charge in [0.1, 0.15) is 0 Å². The van der Waals surface area contributed by atoms with E-state index in [9.17, 15) is 5.11 Å². The van der Waals surface area contributed by atoms with Crippen molar-refractivity contribution in [2.45, 2.75) is 56.7 Å². The summed E-state index contributed by atoms with van der Waals surface area (Å²) in [6.07, 6.45) is 7.69. The van der Waals surface area contributed by atoms with E-state index in [0.29, 0.717) is 12.6 Å². The van der Waals surface area contributed by atoms with Crippen molar-refractivity contribution < 1.29 is 5.11 Å². The number of likely N-dealkylation sites (tertiary alicyclic amines) is 1. The van der Waals surface area contributed by atoms with E-state index in [2.05, 4.69) is 17.3 Å². The molecule has 3 heteroatoms. The minimum absolute atomic E-state index is 0.353. The van der Waals surface area contributed by atoms with Crippen LogP contribution in [-0.4, -0.2) is 48.3 Å². The van der Waals surface area contributed by atoms with Gasteiger partial charge in [-0.25, -0.2) is 0 Å². The van der Waals surface area contributed by atoms with Crippen molar-refractivity contribution in [2.75, 3.05) is 20.2 Å². The second-order valence-corrected chi connectivity index (χ2v) is 5.01. The highest BCUT2D eigenvalue weighted by Crippen LogP contribution is 2.28. The predicted octanol–water partition coefficient (Wildman–Crippen LogP) is 0.974. The Kier molecular flexibility index (Phi) is 4.00. The molecule has 1 aliphatic heterocycles. The van der Waals surface area contributed by atoms with E-state index in [1.807, 2.05) is 0 Å². The summed E-state index contributed by atoms with van der Waals surface area (Å²) in [5.41, 5.74) is 0. The lowest BCUT2D eigenvalue weighted by Gasteiger charge is -2.37. The molecule has 1 saturated heterocycles. The molecule has 15 heavy (non-hydrogen) atoms. The third-order valence-electron chi connectivity index (χ3n) is 4.21. The van der Waals surface area contributed by atoms with Crippen LogP contribution < -0.4 is 5.32 Å². The molecule has 0 aromatic rings. The van der Waals surface area contributed by atoms with Gasteiger partial charge in [-0.05, 0) is 52.1 Å². The third kappa shape index (κ3) is 2.52. The third-order valence-corrected chi connectivity index (χ3v) is 4.21. The molecule has 0 spiro atoms. The number of nitrogens with zero attached hydrogens (tertiary/aromatic N) is 1. The van der Waals surface area contributed by atoms with E-state index in [1.54, 1.807) is 0 Å². The first-order chi connectivity index (χ1) is 7.35. The van der Waals surface area contributed by atoms with Crippen molar-refractivity contribution in [3.05, 3.63) is 0 Å². The Labute approximate surface area is 92.8 Å². The molecule has 1 saturated carbocycles. The molecule has 1 heterocycles. The largest absolute Gasteiger partial charge is 0.395 e. The van der Waals surface area contributed by atoms with Gasteiger partial charge in [0.15, 0.2) is 0 Å². The van der Waals surface area contributed by atoms with Crippen LogP contribution in [0.2, 0.25) is 0 Å². The number of aliphatic hydroxyl groups is 1. The van der Waals surface area contributed by atoms with Gasteiger partial charge >= 0.3 is 0 Å². The van der Waals surface area contributed by atoms with Crippen molar-refractivity contribution in [1.82, 2.24) is 10.2 Å². The Hall–Kier alpha value is -0.120. The highest BCUT2D eigenvalue weighted by atomic mass is 16.3. The van der Waals surface area contributed by atoms with Crippen molar-refractivity contribution in [3.63, 3.8) is 0 Å². The summed E-state index contributed by atoms with van der Waals surface area (Å²) in [5.74, 6) is 0. The molecule has 0 amide bonds. The zero-order chi connectivity index (χ0) is 10.7. The first-order valence-corrected chi connectivity index (χ1v) is 6.39. The van der Waals surface area contributed by atoms with E-state index in [4.69, 9.17) is 0 Å². The van der Waals surface area contributed by atoms with E-state index in [1.165, 1.54) is 45.1 Å². The normalized spacial score (nSPS) is 38.4. The summed E-state index contributed by atoms with van der Waals surface area (Å²) >= 11 is 0. The number of hydrogen-bond acceptors (Lipinski definition) is 3. The summed E-state index contributed by atoms with van der Waals surface area (Å²) in [4.78, 5) is 2.56. The monoisotopic (exact) mass is 212 g/mol. The standard InChI is InChI=1S/C12H24N2O/c1-13-10-4-6-11(7-5-10)14-8-2-3-12(14)9-15/h10-13,15H,2-9H2,1H3. The second-order valence-electron chi connectivity index (χ2n) is 5.01. The SMILES string of the molecule is CNC1CCC(N2CCCC2CO)CC1. The molecule has 2 N–H and O–H groups in total. The number of rotatable bonds is 3. The lowest BCUT2D eigenvalue weighted by Crippen LogP contribution is -2.45. The molecule has 2 rings (SSSR count). The van der Waals surface area contributed by atoms with Crippen LogP contribution in [0.5, 0.6) is 0 Å². The summed E-state index contributed by atoms with van der Waals surface area (Å²) in [7, 11) is 2.07. The fraction of sp³-hybridized carbons (Fsp3) is 1.00. The molecule has 0 aromatic heterocycles. The highest BCUT2D eigenvalue weighted by Gasteiger charge is 2.32. The first-order valence-electron chi connectivity index (χ1n) is 6.39. The Morgan fingerprint density at radius 2 is 1.93 bits per heavy atom. The maximum Gasteiger partial charge on any atom is 0.0586 e. The van der Waals surface area contributed by atoms with Crippen LogP contribution in [0.15, 0.2) is 0 Å². The maximum atomic E-state index is 9.31. The van der Waals surface area contributed by atoms with Crippen molar-refractivity contribution >= 4 is 0 Å². The Bertz CT molecular complexity index is 190. The molecule has 0 bridgehead atoms. The van der Waals surface area contributed by atoms with E-state index >= 15 is 0 Å². The Morgan fingerprint density at radius 3 is 2.53 bits per heavy atom. The predicted molar refractivity (Wildman–Crippen MR) is 61.9 cm³/mol. The maximum absolute atomic E-state index is 9.31. The number of nitrogens with one attached hydrogen (secondary N) is 1. The van der Waals surface area contributed by atoms with Gasteiger partial charge in [0.2, 0.25) is 0 Å². The molecule has 1 unspecified atom stereocenters. The zero-order valence-electron chi connectivity index (χ0n) is 9.78. The van der Waals surface area contributed by atoms with Crippen LogP contribution in [0, 0.1) is 0 Å². The minimum atomic E-state index is 0.353. The molecule has 2 fully saturated rings. The molecule has 1 aliphatic carbocycles. The average molecular weight is 212 g/mol. The van der Waals surface area contributed by atoms with Crippen LogP contribution in [0.25, 0.3) is 0 Å². The van der Waals surface area contributed by atoms with E-state index < -0.39 is 0 Å². The summed E-state index contributed by atoms with van der Waals surface area (Å²) < 4.78 is 0. The Balaban J connectivity index is 1.84. The number of aliphatic hydroxyl groups excluding tert-OH is 1. The van der Waals surface area contributed by atoms with Gasteiger partial charge in [-0.15, -0.1) is 0 Å². The zero-order valence-corrected chi connectivity index (χ0v) is 9.78. The van der Waals surface area contributed by atoms with Crippen molar-refractivity contribution in [3.8, 4) is 0 Å². The summed E-state index contributed by atoms with van der Waals surface area (Å²) in [5, 5.41) is 12.7. The highest BCUT2D eigenvalue weighted by molar-refractivity contribution is 4.88. The molecular weight excluding hydrogens is 188 g/mol. The van der Waals surface area contributed by atoms with Crippen LogP contribution in [0.4, 0.5) is 0 Å². The van der Waals surface area contributed by atoms with Crippen molar-refractivity contribution in [2.24, 2.45) is 0 Å². The first kappa shape index (κ1) is 11.4. The van der Waals surface area contributed by atoms with Gasteiger partial charge in [-0.3, -0.25) is 4.90 Å². The fourth-order valence-electron chi connectivity index (χ4n) is 3.23. The van der Waals surface area contributed by atoms with Gasteiger partial charge in [-0.2, -0.15) is 0 Å². The van der Waals surface area contributed by atoms with E-state index in [-0.39, 0.29) is 0 Å². The Morgan fingerprint density at radius 1 is 1.20 bits per heavy atom. The van der Waals surface area contributed by atoms with Crippen LogP contribution in [0.1, 0.15) is 38.5 Å². The van der Waals surface area contributed by atoms with Crippen molar-refractivity contribution in [1.29, 1.82) is 0 Å². The second kappa shape index (κ2) is 5.28. The number of hydrogen-bond donors (Lipinski definition) is 2. The molecule has 88 valence electrons. The molecule has 2 aliphatic rings. The average Bonchev–Trinajstić information content (AvgIpc) is 2.77. The van der Waals surface area contributed by atoms with Gasteiger partial charge in [0.25, 0.3) is 0 Å². The lowest BCUT2D eigenvalue weighted by atomic mass is 9.90. The summed E-state index contributed by atoms with van der Waals surface area (Å²) in [6.45, 7) is 1.56. The van der Waals surface area contributed by atoms with Gasteiger partial charge < -0.3 is 10.4 Å². The summed E-state index contributed by atoms with van der Waals surface area (Å²) in [6, 6.07) is 1.94. The van der Waals surface area contributed by atoms with Crippen LogP contribution >= 0.6 is 0 Å². The quantitative estimate of drug-likeness (QED) is 0.732. The van der Waals surface area contributed by atoms with Gasteiger partial charge in [0.05, 0.1) is 6.61 Å². The van der Waals surface area contributed by atoms with E-state index in [0.717, 1.165) is 12.1 Å². The van der Waals surface area contributed by atoms with Gasteiger partial charge in [0, 0.05) is 18.1 Å². The molecule has 3 nitrogen and oxygen atoms in total. The van der Waals surface area contributed by atoms with Crippen LogP contribution in [-0.2, 0) is 0 Å². The minimum Gasteiger partial charge on any atom is -0.395 e.